The third-order valence-corrected chi connectivity index (χ3v) is 4.09. The van der Waals surface area contributed by atoms with Gasteiger partial charge in [-0.25, -0.2) is 0 Å². The van der Waals surface area contributed by atoms with Crippen molar-refractivity contribution in [3.8, 4) is 0 Å². The zero-order chi connectivity index (χ0) is 15.0. The standard InChI is InChI=1S/C14H26N2O4/c1-20-9-6-11(15)12(17)16-10-14(13(18)19)7-4-2-3-5-8-14/h11H,2-10,15H2,1H3,(H,16,17)(H,18,19). The number of methoxy groups -OCH3 is 1. The Morgan fingerprint density at radius 2 is 1.90 bits per heavy atom. The quantitative estimate of drug-likeness (QED) is 0.603. The summed E-state index contributed by atoms with van der Waals surface area (Å²) in [6, 6.07) is -0.647. The van der Waals surface area contributed by atoms with E-state index in [1.807, 2.05) is 0 Å². The fraction of sp³-hybridized carbons (Fsp3) is 0.857. The number of nitrogens with one attached hydrogen (secondary N) is 1. The van der Waals surface area contributed by atoms with Crippen LogP contribution in [0.3, 0.4) is 0 Å². The normalized spacial score (nSPS) is 19.9. The molecule has 1 amide bonds. The fourth-order valence-electron chi connectivity index (χ4n) is 2.63. The van der Waals surface area contributed by atoms with Crippen molar-refractivity contribution < 1.29 is 19.4 Å². The number of rotatable bonds is 7. The SMILES string of the molecule is COCCC(N)C(=O)NCC1(C(=O)O)CCCCCC1. The summed E-state index contributed by atoms with van der Waals surface area (Å²) in [6.45, 7) is 0.584. The highest BCUT2D eigenvalue weighted by molar-refractivity contribution is 5.82. The van der Waals surface area contributed by atoms with Crippen molar-refractivity contribution in [1.82, 2.24) is 5.32 Å². The summed E-state index contributed by atoms with van der Waals surface area (Å²) in [5, 5.41) is 12.2. The highest BCUT2D eigenvalue weighted by Crippen LogP contribution is 2.34. The van der Waals surface area contributed by atoms with E-state index in [0.29, 0.717) is 25.9 Å². The highest BCUT2D eigenvalue weighted by atomic mass is 16.5. The Balaban J connectivity index is 2.54. The largest absolute Gasteiger partial charge is 0.481 e. The molecule has 1 aliphatic rings. The van der Waals surface area contributed by atoms with Gasteiger partial charge in [-0.2, -0.15) is 0 Å². The van der Waals surface area contributed by atoms with Gasteiger partial charge in [-0.15, -0.1) is 0 Å². The Labute approximate surface area is 120 Å². The van der Waals surface area contributed by atoms with Crippen LogP contribution < -0.4 is 11.1 Å². The number of carbonyl (C=O) groups excluding carboxylic acids is 1. The number of hydrogen-bond donors (Lipinski definition) is 3. The topological polar surface area (TPSA) is 102 Å². The van der Waals surface area contributed by atoms with Crippen molar-refractivity contribution in [1.29, 1.82) is 0 Å². The van der Waals surface area contributed by atoms with E-state index >= 15 is 0 Å². The lowest BCUT2D eigenvalue weighted by Crippen LogP contribution is -2.48. The van der Waals surface area contributed by atoms with Crippen LogP contribution in [0, 0.1) is 5.41 Å². The van der Waals surface area contributed by atoms with Gasteiger partial charge in [0, 0.05) is 20.3 Å². The van der Waals surface area contributed by atoms with E-state index in [9.17, 15) is 14.7 Å². The highest BCUT2D eigenvalue weighted by Gasteiger charge is 2.39. The van der Waals surface area contributed by atoms with Crippen LogP contribution in [0.1, 0.15) is 44.9 Å². The molecule has 0 aromatic heterocycles. The lowest BCUT2D eigenvalue weighted by Gasteiger charge is -2.28. The fourth-order valence-corrected chi connectivity index (χ4v) is 2.63. The summed E-state index contributed by atoms with van der Waals surface area (Å²) in [5.41, 5.74) is 4.90. The van der Waals surface area contributed by atoms with Crippen LogP contribution in [0.2, 0.25) is 0 Å². The van der Waals surface area contributed by atoms with Crippen molar-refractivity contribution in [2.24, 2.45) is 11.1 Å². The van der Waals surface area contributed by atoms with Crippen LogP contribution in [0.4, 0.5) is 0 Å². The van der Waals surface area contributed by atoms with Crippen molar-refractivity contribution in [2.45, 2.75) is 51.0 Å². The molecule has 4 N–H and O–H groups in total. The predicted molar refractivity (Wildman–Crippen MR) is 75.2 cm³/mol. The van der Waals surface area contributed by atoms with E-state index in [1.54, 1.807) is 7.11 Å². The van der Waals surface area contributed by atoms with Crippen molar-refractivity contribution in [3.05, 3.63) is 0 Å². The number of nitrogens with two attached hydrogens (primary N) is 1. The van der Waals surface area contributed by atoms with Crippen molar-refractivity contribution in [2.75, 3.05) is 20.3 Å². The Bertz CT molecular complexity index is 325. The third kappa shape index (κ3) is 4.76. The molecule has 0 aliphatic heterocycles. The van der Waals surface area contributed by atoms with Gasteiger partial charge < -0.3 is 20.9 Å². The monoisotopic (exact) mass is 286 g/mol. The van der Waals surface area contributed by atoms with Gasteiger partial charge in [0.2, 0.25) is 5.91 Å². The molecule has 1 aliphatic carbocycles. The molecule has 0 bridgehead atoms. The second-order valence-electron chi connectivity index (χ2n) is 5.61. The number of ether oxygens (including phenoxy) is 1. The Kier molecular flexibility index (Phi) is 6.95. The first-order chi connectivity index (χ1) is 9.52. The maximum absolute atomic E-state index is 11.9. The van der Waals surface area contributed by atoms with Gasteiger partial charge in [-0.1, -0.05) is 25.7 Å². The molecule has 0 heterocycles. The molecule has 0 radical (unpaired) electrons. The van der Waals surface area contributed by atoms with Crippen molar-refractivity contribution in [3.63, 3.8) is 0 Å². The first kappa shape index (κ1) is 16.9. The second-order valence-corrected chi connectivity index (χ2v) is 5.61. The molecule has 0 aromatic rings. The van der Waals surface area contributed by atoms with E-state index in [1.165, 1.54) is 0 Å². The molecule has 116 valence electrons. The minimum atomic E-state index is -0.826. The Morgan fingerprint density at radius 3 is 2.40 bits per heavy atom. The minimum absolute atomic E-state index is 0.169. The van der Waals surface area contributed by atoms with Gasteiger partial charge >= 0.3 is 5.97 Å². The molecule has 1 saturated carbocycles. The minimum Gasteiger partial charge on any atom is -0.481 e. The summed E-state index contributed by atoms with van der Waals surface area (Å²) < 4.78 is 4.88. The van der Waals surface area contributed by atoms with Gasteiger partial charge in [0.15, 0.2) is 0 Å². The van der Waals surface area contributed by atoms with E-state index in [4.69, 9.17) is 10.5 Å². The number of carbonyl (C=O) groups is 2. The van der Waals surface area contributed by atoms with Crippen LogP contribution in [0.25, 0.3) is 0 Å². The number of hydrogen-bond acceptors (Lipinski definition) is 4. The van der Waals surface area contributed by atoms with Gasteiger partial charge in [0.1, 0.15) is 0 Å². The molecule has 6 nitrogen and oxygen atoms in total. The van der Waals surface area contributed by atoms with Crippen LogP contribution in [-0.2, 0) is 14.3 Å². The van der Waals surface area contributed by atoms with Crippen LogP contribution >= 0.6 is 0 Å². The van der Waals surface area contributed by atoms with Crippen LogP contribution in [-0.4, -0.2) is 43.3 Å². The zero-order valence-electron chi connectivity index (χ0n) is 12.2. The summed E-state index contributed by atoms with van der Waals surface area (Å²) >= 11 is 0. The zero-order valence-corrected chi connectivity index (χ0v) is 12.2. The molecule has 1 rings (SSSR count). The number of aliphatic carboxylic acids is 1. The van der Waals surface area contributed by atoms with E-state index in [2.05, 4.69) is 5.32 Å². The first-order valence-corrected chi connectivity index (χ1v) is 7.27. The Morgan fingerprint density at radius 1 is 1.30 bits per heavy atom. The lowest BCUT2D eigenvalue weighted by molar-refractivity contribution is -0.149. The number of amides is 1. The van der Waals surface area contributed by atoms with Crippen molar-refractivity contribution >= 4 is 11.9 Å². The molecule has 0 saturated heterocycles. The molecule has 1 fully saturated rings. The van der Waals surface area contributed by atoms with Gasteiger partial charge in [-0.3, -0.25) is 9.59 Å². The summed E-state index contributed by atoms with van der Waals surface area (Å²) in [7, 11) is 1.55. The van der Waals surface area contributed by atoms with Gasteiger partial charge in [-0.05, 0) is 19.3 Å². The summed E-state index contributed by atoms with van der Waals surface area (Å²) in [5.74, 6) is -1.11. The van der Waals surface area contributed by atoms with Crippen LogP contribution in [0.15, 0.2) is 0 Å². The summed E-state index contributed by atoms with van der Waals surface area (Å²) in [4.78, 5) is 23.4. The lowest BCUT2D eigenvalue weighted by atomic mass is 9.80. The molecule has 0 spiro atoms. The number of carboxylic acids is 1. The van der Waals surface area contributed by atoms with E-state index in [-0.39, 0.29) is 12.5 Å². The van der Waals surface area contributed by atoms with Gasteiger partial charge in [0.05, 0.1) is 11.5 Å². The maximum atomic E-state index is 11.9. The van der Waals surface area contributed by atoms with Gasteiger partial charge in [0.25, 0.3) is 0 Å². The van der Waals surface area contributed by atoms with E-state index < -0.39 is 17.4 Å². The summed E-state index contributed by atoms with van der Waals surface area (Å²) in [6.07, 6.45) is 5.61. The molecular formula is C14H26N2O4. The molecular weight excluding hydrogens is 260 g/mol. The number of carboxylic acid groups (broad SMARTS) is 1. The van der Waals surface area contributed by atoms with Crippen LogP contribution in [0.5, 0.6) is 0 Å². The first-order valence-electron chi connectivity index (χ1n) is 7.27. The molecule has 6 heteroatoms. The smallest absolute Gasteiger partial charge is 0.311 e. The maximum Gasteiger partial charge on any atom is 0.311 e. The average molecular weight is 286 g/mol. The Hall–Kier alpha value is -1.14. The molecule has 1 atom stereocenters. The molecule has 0 aromatic carbocycles. The predicted octanol–water partition coefficient (Wildman–Crippen LogP) is 0.892. The third-order valence-electron chi connectivity index (χ3n) is 4.09. The van der Waals surface area contributed by atoms with E-state index in [0.717, 1.165) is 25.7 Å². The molecule has 1 unspecified atom stereocenters. The molecule has 20 heavy (non-hydrogen) atoms. The second kappa shape index (κ2) is 8.21. The average Bonchev–Trinajstić information content (AvgIpc) is 2.68.